The summed E-state index contributed by atoms with van der Waals surface area (Å²) in [6, 6.07) is 11.9. The molecule has 6 heteroatoms. The van der Waals surface area contributed by atoms with Crippen LogP contribution >= 0.6 is 11.6 Å². The van der Waals surface area contributed by atoms with Gasteiger partial charge in [0.05, 0.1) is 18.1 Å². The number of hydrogen-bond acceptors (Lipinski definition) is 4. The molecule has 0 saturated heterocycles. The molecule has 0 aromatic heterocycles. The molecule has 0 unspecified atom stereocenters. The van der Waals surface area contributed by atoms with E-state index < -0.39 is 4.92 Å². The van der Waals surface area contributed by atoms with Crippen molar-refractivity contribution in [2.45, 2.75) is 12.5 Å². The van der Waals surface area contributed by atoms with Crippen LogP contribution in [-0.2, 0) is 12.5 Å². The lowest BCUT2D eigenvalue weighted by Crippen LogP contribution is -1.98. The Morgan fingerprint density at radius 3 is 2.38 bits per heavy atom. The number of alkyl halides is 1. The van der Waals surface area contributed by atoms with Gasteiger partial charge in [0.2, 0.25) is 0 Å². The Bertz CT molecular complexity index is 628. The molecule has 5 nitrogen and oxygen atoms in total. The van der Waals surface area contributed by atoms with Gasteiger partial charge in [0.1, 0.15) is 18.1 Å². The number of non-ortho nitro benzene ring substituents is 1. The molecule has 0 aliphatic rings. The van der Waals surface area contributed by atoms with Crippen molar-refractivity contribution in [2.75, 3.05) is 7.11 Å². The van der Waals surface area contributed by atoms with E-state index in [9.17, 15) is 10.1 Å². The minimum absolute atomic E-state index is 0.0227. The van der Waals surface area contributed by atoms with Crippen LogP contribution < -0.4 is 9.47 Å². The van der Waals surface area contributed by atoms with Crippen LogP contribution in [-0.4, -0.2) is 12.0 Å². The number of methoxy groups -OCH3 is 1. The molecule has 0 saturated carbocycles. The quantitative estimate of drug-likeness (QED) is 0.461. The van der Waals surface area contributed by atoms with E-state index in [1.165, 1.54) is 19.2 Å². The van der Waals surface area contributed by atoms with Crippen molar-refractivity contribution >= 4 is 17.3 Å². The maximum atomic E-state index is 10.9. The van der Waals surface area contributed by atoms with Gasteiger partial charge in [-0.25, -0.2) is 0 Å². The molecule has 0 atom stereocenters. The first-order valence-electron chi connectivity index (χ1n) is 6.22. The Hall–Kier alpha value is -2.27. The van der Waals surface area contributed by atoms with Gasteiger partial charge in [-0.15, -0.1) is 11.6 Å². The van der Waals surface area contributed by atoms with E-state index in [4.69, 9.17) is 21.1 Å². The fourth-order valence-corrected chi connectivity index (χ4v) is 1.97. The van der Waals surface area contributed by atoms with Gasteiger partial charge in [0.15, 0.2) is 0 Å². The normalized spacial score (nSPS) is 10.2. The predicted octanol–water partition coefficient (Wildman–Crippen LogP) is 3.92. The third-order valence-electron chi connectivity index (χ3n) is 2.88. The number of nitrogens with zero attached hydrogens (tertiary/aromatic N) is 1. The molecule has 21 heavy (non-hydrogen) atoms. The van der Waals surface area contributed by atoms with Crippen molar-refractivity contribution in [1.82, 2.24) is 0 Å². The molecule has 110 valence electrons. The second-order valence-corrected chi connectivity index (χ2v) is 4.63. The van der Waals surface area contributed by atoms with Gasteiger partial charge in [-0.2, -0.15) is 0 Å². The average molecular weight is 308 g/mol. The Kier molecular flexibility index (Phi) is 5.00. The summed E-state index contributed by atoms with van der Waals surface area (Å²) in [5, 5.41) is 10.9. The zero-order valence-corrected chi connectivity index (χ0v) is 12.2. The van der Waals surface area contributed by atoms with Gasteiger partial charge in [0.25, 0.3) is 5.69 Å². The fourth-order valence-electron chi connectivity index (χ4n) is 1.79. The van der Waals surface area contributed by atoms with Crippen LogP contribution in [0.3, 0.4) is 0 Å². The second kappa shape index (κ2) is 6.95. The molecular weight excluding hydrogens is 294 g/mol. The summed E-state index contributed by atoms with van der Waals surface area (Å²) < 4.78 is 10.7. The average Bonchev–Trinajstić information content (AvgIpc) is 2.53. The topological polar surface area (TPSA) is 61.6 Å². The second-order valence-electron chi connectivity index (χ2n) is 4.36. The number of nitro groups is 1. The highest BCUT2D eigenvalue weighted by Crippen LogP contribution is 2.24. The molecule has 0 heterocycles. The van der Waals surface area contributed by atoms with E-state index >= 15 is 0 Å². The standard InChI is InChI=1S/C15H14ClNO4/c1-20-15-7-12(6-13(8-15)17(18)19)10-21-14-4-2-11(9-16)3-5-14/h2-8H,9-10H2,1H3. The van der Waals surface area contributed by atoms with Crippen LogP contribution in [0.25, 0.3) is 0 Å². The number of benzene rings is 2. The maximum absolute atomic E-state index is 10.9. The van der Waals surface area contributed by atoms with Crippen LogP contribution in [0.1, 0.15) is 11.1 Å². The monoisotopic (exact) mass is 307 g/mol. The van der Waals surface area contributed by atoms with Crippen molar-refractivity contribution in [1.29, 1.82) is 0 Å². The Morgan fingerprint density at radius 2 is 1.81 bits per heavy atom. The van der Waals surface area contributed by atoms with Crippen molar-refractivity contribution in [3.63, 3.8) is 0 Å². The lowest BCUT2D eigenvalue weighted by molar-refractivity contribution is -0.385. The molecule has 0 fully saturated rings. The van der Waals surface area contributed by atoms with Gasteiger partial charge in [-0.05, 0) is 29.3 Å². The molecule has 0 radical (unpaired) electrons. The largest absolute Gasteiger partial charge is 0.496 e. The van der Waals surface area contributed by atoms with Crippen LogP contribution in [0.4, 0.5) is 5.69 Å². The molecule has 0 N–H and O–H groups in total. The van der Waals surface area contributed by atoms with Gasteiger partial charge in [-0.3, -0.25) is 10.1 Å². The summed E-state index contributed by atoms with van der Waals surface area (Å²) in [6.07, 6.45) is 0. The zero-order chi connectivity index (χ0) is 15.2. The van der Waals surface area contributed by atoms with E-state index in [-0.39, 0.29) is 12.3 Å². The van der Waals surface area contributed by atoms with Crippen LogP contribution in [0.5, 0.6) is 11.5 Å². The van der Waals surface area contributed by atoms with Gasteiger partial charge < -0.3 is 9.47 Å². The summed E-state index contributed by atoms with van der Waals surface area (Å²) >= 11 is 5.71. The highest BCUT2D eigenvalue weighted by molar-refractivity contribution is 6.17. The Morgan fingerprint density at radius 1 is 1.10 bits per heavy atom. The number of hydrogen-bond donors (Lipinski definition) is 0. The minimum Gasteiger partial charge on any atom is -0.496 e. The van der Waals surface area contributed by atoms with Crippen molar-refractivity contribution in [3.05, 3.63) is 63.7 Å². The van der Waals surface area contributed by atoms with E-state index in [0.717, 1.165) is 5.56 Å². The van der Waals surface area contributed by atoms with E-state index in [1.807, 2.05) is 24.3 Å². The molecule has 0 amide bonds. The maximum Gasteiger partial charge on any atom is 0.273 e. The molecule has 2 aromatic rings. The van der Waals surface area contributed by atoms with Crippen molar-refractivity contribution in [3.8, 4) is 11.5 Å². The summed E-state index contributed by atoms with van der Waals surface area (Å²) in [5.74, 6) is 1.55. The van der Waals surface area contributed by atoms with Gasteiger partial charge in [-0.1, -0.05) is 12.1 Å². The number of rotatable bonds is 6. The van der Waals surface area contributed by atoms with Crippen LogP contribution in [0, 0.1) is 10.1 Å². The Balaban J connectivity index is 2.11. The molecule has 0 bridgehead atoms. The number of ether oxygens (including phenoxy) is 2. The van der Waals surface area contributed by atoms with E-state index in [1.54, 1.807) is 6.07 Å². The molecular formula is C15H14ClNO4. The van der Waals surface area contributed by atoms with Crippen molar-refractivity contribution in [2.24, 2.45) is 0 Å². The molecule has 0 spiro atoms. The van der Waals surface area contributed by atoms with Gasteiger partial charge in [0, 0.05) is 11.9 Å². The molecule has 2 aromatic carbocycles. The zero-order valence-electron chi connectivity index (χ0n) is 11.4. The first-order valence-corrected chi connectivity index (χ1v) is 6.76. The first kappa shape index (κ1) is 15.1. The smallest absolute Gasteiger partial charge is 0.273 e. The highest BCUT2D eigenvalue weighted by Gasteiger charge is 2.10. The molecule has 2 rings (SSSR count). The number of halogens is 1. The molecule has 0 aliphatic heterocycles. The minimum atomic E-state index is -0.457. The molecule has 0 aliphatic carbocycles. The summed E-state index contributed by atoms with van der Waals surface area (Å²) in [6.45, 7) is 0.220. The lowest BCUT2D eigenvalue weighted by atomic mass is 10.2. The Labute approximate surface area is 127 Å². The fraction of sp³-hybridized carbons (Fsp3) is 0.200. The third kappa shape index (κ3) is 4.10. The van der Waals surface area contributed by atoms with E-state index in [2.05, 4.69) is 0 Å². The summed E-state index contributed by atoms with van der Waals surface area (Å²) in [5.41, 5.74) is 1.65. The van der Waals surface area contributed by atoms with E-state index in [0.29, 0.717) is 22.9 Å². The first-order chi connectivity index (χ1) is 10.1. The SMILES string of the molecule is COc1cc(COc2ccc(CCl)cc2)cc([N+](=O)[O-])c1. The highest BCUT2D eigenvalue weighted by atomic mass is 35.5. The summed E-state index contributed by atoms with van der Waals surface area (Å²) in [7, 11) is 1.47. The predicted molar refractivity (Wildman–Crippen MR) is 80.0 cm³/mol. The van der Waals surface area contributed by atoms with Crippen LogP contribution in [0.2, 0.25) is 0 Å². The number of nitro benzene ring substituents is 1. The van der Waals surface area contributed by atoms with Crippen LogP contribution in [0.15, 0.2) is 42.5 Å². The third-order valence-corrected chi connectivity index (χ3v) is 3.19. The lowest BCUT2D eigenvalue weighted by Gasteiger charge is -2.08. The van der Waals surface area contributed by atoms with Crippen molar-refractivity contribution < 1.29 is 14.4 Å². The summed E-state index contributed by atoms with van der Waals surface area (Å²) in [4.78, 5) is 10.4. The van der Waals surface area contributed by atoms with Gasteiger partial charge >= 0.3 is 0 Å².